The van der Waals surface area contributed by atoms with Gasteiger partial charge in [-0.25, -0.2) is 9.18 Å². The summed E-state index contributed by atoms with van der Waals surface area (Å²) in [5.41, 5.74) is 3.22. The third-order valence-corrected chi connectivity index (χ3v) is 5.23. The second-order valence-electron chi connectivity index (χ2n) is 7.54. The lowest BCUT2D eigenvalue weighted by Crippen LogP contribution is -2.34. The van der Waals surface area contributed by atoms with E-state index in [0.717, 1.165) is 12.8 Å². The van der Waals surface area contributed by atoms with Crippen LogP contribution < -0.4 is 4.74 Å². The molecule has 0 saturated carbocycles. The minimum atomic E-state index is -0.942. The molecular weight excluding hydrogens is 417 g/mol. The molecular formula is C24H28FNO6. The highest BCUT2D eigenvalue weighted by molar-refractivity contribution is 5.77. The lowest BCUT2D eigenvalue weighted by molar-refractivity contribution is -0.138. The summed E-state index contributed by atoms with van der Waals surface area (Å²) in [5.74, 6) is -0.691. The van der Waals surface area contributed by atoms with E-state index in [4.69, 9.17) is 14.3 Å². The molecule has 32 heavy (non-hydrogen) atoms. The van der Waals surface area contributed by atoms with E-state index in [9.17, 15) is 19.1 Å². The van der Waals surface area contributed by atoms with Gasteiger partial charge in [0, 0.05) is 12.1 Å². The summed E-state index contributed by atoms with van der Waals surface area (Å²) in [7, 11) is 0. The Labute approximate surface area is 186 Å². The highest BCUT2D eigenvalue weighted by atomic mass is 19.1. The number of fused-ring (bicyclic) bond motifs is 1. The van der Waals surface area contributed by atoms with Gasteiger partial charge in [-0.1, -0.05) is 25.5 Å². The third kappa shape index (κ3) is 5.76. The van der Waals surface area contributed by atoms with Crippen molar-refractivity contribution < 1.29 is 33.4 Å². The molecule has 0 amide bonds. The molecule has 1 N–H and O–H groups in total. The number of aliphatic carboxylic acids is 1. The van der Waals surface area contributed by atoms with Crippen LogP contribution in [0.15, 0.2) is 30.3 Å². The first-order chi connectivity index (χ1) is 15.4. The number of nitrogens with zero attached hydrogens (tertiary/aromatic N) is 1. The number of hydrogen-bond donors (Lipinski definition) is 1. The predicted molar refractivity (Wildman–Crippen MR) is 116 cm³/mol. The number of hydroxylamine groups is 2. The van der Waals surface area contributed by atoms with E-state index in [1.165, 1.54) is 11.1 Å². The summed E-state index contributed by atoms with van der Waals surface area (Å²) in [6.07, 6.45) is 1.09. The summed E-state index contributed by atoms with van der Waals surface area (Å²) in [6, 6.07) is 8.25. The lowest BCUT2D eigenvalue weighted by atomic mass is 9.90. The molecule has 2 aromatic carbocycles. The molecule has 0 fully saturated rings. The van der Waals surface area contributed by atoms with Crippen molar-refractivity contribution in [2.24, 2.45) is 0 Å². The Morgan fingerprint density at radius 2 is 1.94 bits per heavy atom. The van der Waals surface area contributed by atoms with Gasteiger partial charge in [-0.2, -0.15) is 0 Å². The Kier molecular flexibility index (Phi) is 8.05. The molecule has 0 spiro atoms. The maximum Gasteiger partial charge on any atom is 0.527 e. The minimum absolute atomic E-state index is 0.137. The maximum atomic E-state index is 14.6. The Hall–Kier alpha value is -3.13. The molecule has 1 heterocycles. The van der Waals surface area contributed by atoms with Crippen molar-refractivity contribution in [1.82, 2.24) is 5.06 Å². The van der Waals surface area contributed by atoms with Crippen LogP contribution in [-0.4, -0.2) is 42.1 Å². The fourth-order valence-corrected chi connectivity index (χ4v) is 3.72. The van der Waals surface area contributed by atoms with Crippen molar-refractivity contribution in [1.29, 1.82) is 0 Å². The predicted octanol–water partition coefficient (Wildman–Crippen LogP) is 4.74. The van der Waals surface area contributed by atoms with Crippen LogP contribution in [0.25, 0.3) is 11.1 Å². The number of carboxylic acids is 1. The summed E-state index contributed by atoms with van der Waals surface area (Å²) in [4.78, 5) is 28.5. The third-order valence-electron chi connectivity index (χ3n) is 5.23. The van der Waals surface area contributed by atoms with Crippen molar-refractivity contribution >= 4 is 12.1 Å². The Morgan fingerprint density at radius 3 is 2.66 bits per heavy atom. The zero-order chi connectivity index (χ0) is 23.1. The molecule has 0 atom stereocenters. The van der Waals surface area contributed by atoms with Gasteiger partial charge in [0.1, 0.15) is 11.6 Å². The smallest absolute Gasteiger partial charge is 0.493 e. The minimum Gasteiger partial charge on any atom is -0.493 e. The van der Waals surface area contributed by atoms with E-state index in [0.29, 0.717) is 53.1 Å². The second-order valence-corrected chi connectivity index (χ2v) is 7.54. The van der Waals surface area contributed by atoms with Crippen LogP contribution in [0, 0.1) is 5.82 Å². The number of rotatable bonds is 9. The SMILES string of the molecule is CCCCOC(=O)ON1CCc2c(F)ccc(-c3cc(CC(=O)O)ccc3OCC)c2C1. The number of benzene rings is 2. The first-order valence-corrected chi connectivity index (χ1v) is 10.8. The van der Waals surface area contributed by atoms with Crippen molar-refractivity contribution in [3.8, 4) is 16.9 Å². The summed E-state index contributed by atoms with van der Waals surface area (Å²) < 4.78 is 25.4. The van der Waals surface area contributed by atoms with E-state index in [2.05, 4.69) is 0 Å². The zero-order valence-electron chi connectivity index (χ0n) is 18.4. The first-order valence-electron chi connectivity index (χ1n) is 10.8. The highest BCUT2D eigenvalue weighted by Crippen LogP contribution is 2.38. The van der Waals surface area contributed by atoms with Crippen LogP contribution in [0.2, 0.25) is 0 Å². The van der Waals surface area contributed by atoms with Crippen molar-refractivity contribution in [2.75, 3.05) is 19.8 Å². The largest absolute Gasteiger partial charge is 0.527 e. The van der Waals surface area contributed by atoms with E-state index in [1.807, 2.05) is 13.8 Å². The lowest BCUT2D eigenvalue weighted by Gasteiger charge is -2.29. The van der Waals surface area contributed by atoms with Crippen LogP contribution in [-0.2, 0) is 33.8 Å². The van der Waals surface area contributed by atoms with Crippen LogP contribution in [0.3, 0.4) is 0 Å². The Morgan fingerprint density at radius 1 is 1.12 bits per heavy atom. The summed E-state index contributed by atoms with van der Waals surface area (Å²) in [6.45, 7) is 5.08. The van der Waals surface area contributed by atoms with Gasteiger partial charge in [0.05, 0.1) is 26.2 Å². The number of carbonyl (C=O) groups is 2. The molecule has 1 aliphatic rings. The van der Waals surface area contributed by atoms with E-state index in [-0.39, 0.29) is 25.4 Å². The second kappa shape index (κ2) is 10.9. The first kappa shape index (κ1) is 23.5. The Balaban J connectivity index is 1.93. The van der Waals surface area contributed by atoms with Gasteiger partial charge in [-0.3, -0.25) is 4.79 Å². The number of unbranched alkanes of at least 4 members (excludes halogenated alkanes) is 1. The van der Waals surface area contributed by atoms with Crippen molar-refractivity contribution in [3.05, 3.63) is 52.8 Å². The van der Waals surface area contributed by atoms with Gasteiger partial charge in [0.2, 0.25) is 0 Å². The van der Waals surface area contributed by atoms with E-state index >= 15 is 0 Å². The van der Waals surface area contributed by atoms with E-state index in [1.54, 1.807) is 24.3 Å². The zero-order valence-corrected chi connectivity index (χ0v) is 18.4. The van der Waals surface area contributed by atoms with Gasteiger partial charge in [0.25, 0.3) is 0 Å². The van der Waals surface area contributed by atoms with Gasteiger partial charge in [-0.15, -0.1) is 5.06 Å². The number of hydrogen-bond acceptors (Lipinski definition) is 6. The number of carbonyl (C=O) groups excluding carboxylic acids is 1. The van der Waals surface area contributed by atoms with Gasteiger partial charge in [0.15, 0.2) is 0 Å². The monoisotopic (exact) mass is 445 g/mol. The number of ether oxygens (including phenoxy) is 2. The molecule has 0 unspecified atom stereocenters. The molecule has 1 aliphatic heterocycles. The van der Waals surface area contributed by atoms with Gasteiger partial charge >= 0.3 is 12.1 Å². The molecule has 172 valence electrons. The highest BCUT2D eigenvalue weighted by Gasteiger charge is 2.26. The topological polar surface area (TPSA) is 85.3 Å². The Bertz CT molecular complexity index is 977. The number of carboxylic acid groups (broad SMARTS) is 1. The van der Waals surface area contributed by atoms with Crippen LogP contribution in [0.4, 0.5) is 9.18 Å². The standard InChI is InChI=1S/C24H28FNO6/c1-3-5-12-31-24(29)32-26-11-10-18-20(15-26)17(7-8-21(18)25)19-13-16(14-23(27)28)6-9-22(19)30-4-2/h6-9,13H,3-5,10-12,14-15H2,1-2H3,(H,27,28). The molecule has 2 aromatic rings. The molecule has 0 radical (unpaired) electrons. The van der Waals surface area contributed by atoms with Crippen LogP contribution in [0.1, 0.15) is 43.4 Å². The van der Waals surface area contributed by atoms with Crippen molar-refractivity contribution in [3.63, 3.8) is 0 Å². The fraction of sp³-hybridized carbons (Fsp3) is 0.417. The molecule has 3 rings (SSSR count). The van der Waals surface area contributed by atoms with Crippen LogP contribution in [0.5, 0.6) is 5.75 Å². The van der Waals surface area contributed by atoms with Gasteiger partial charge < -0.3 is 19.4 Å². The normalized spacial score (nSPS) is 13.3. The molecule has 0 saturated heterocycles. The number of halogens is 1. The molecule has 7 nitrogen and oxygen atoms in total. The fourth-order valence-electron chi connectivity index (χ4n) is 3.72. The van der Waals surface area contributed by atoms with Crippen LogP contribution >= 0.6 is 0 Å². The van der Waals surface area contributed by atoms with E-state index < -0.39 is 12.1 Å². The quantitative estimate of drug-likeness (QED) is 0.441. The molecule has 0 bridgehead atoms. The summed E-state index contributed by atoms with van der Waals surface area (Å²) >= 11 is 0. The average Bonchev–Trinajstić information content (AvgIpc) is 2.75. The molecule has 0 aliphatic carbocycles. The summed E-state index contributed by atoms with van der Waals surface area (Å²) in [5, 5.41) is 10.6. The average molecular weight is 445 g/mol. The van der Waals surface area contributed by atoms with Crippen molar-refractivity contribution in [2.45, 2.75) is 46.1 Å². The van der Waals surface area contributed by atoms with Gasteiger partial charge in [-0.05, 0) is 60.2 Å². The molecule has 0 aromatic heterocycles. The maximum absolute atomic E-state index is 14.6. The molecule has 8 heteroatoms.